The van der Waals surface area contributed by atoms with Gasteiger partial charge in [0.05, 0.1) is 18.6 Å². The number of alkyl halides is 1. The maximum absolute atomic E-state index is 12.1. The fraction of sp³-hybridized carbons (Fsp3) is 0.545. The van der Waals surface area contributed by atoms with Crippen LogP contribution in [0.2, 0.25) is 0 Å². The smallest absolute Gasteiger partial charge is 0.331 e. The van der Waals surface area contributed by atoms with Crippen LogP contribution >= 0.6 is 11.6 Å². The molecule has 3 N–H and O–H groups in total. The second kappa shape index (κ2) is 5.49. The van der Waals surface area contributed by atoms with Crippen LogP contribution in [0.5, 0.6) is 0 Å². The third-order valence-corrected chi connectivity index (χ3v) is 3.45. The van der Waals surface area contributed by atoms with Crippen molar-refractivity contribution in [1.82, 2.24) is 9.55 Å². The van der Waals surface area contributed by atoms with Gasteiger partial charge in [0.2, 0.25) is 11.5 Å². The van der Waals surface area contributed by atoms with Crippen LogP contribution in [0.25, 0.3) is 0 Å². The lowest BCUT2D eigenvalue weighted by molar-refractivity contribution is -0.159. The van der Waals surface area contributed by atoms with Crippen molar-refractivity contribution in [3.05, 3.63) is 33.1 Å². The number of aliphatic hydroxyl groups is 2. The molecular formula is C11H13ClN2O6. The standard InChI is InChI=1S/C11H13ClN2O6/c12-4-8(17)11(3-6(16)7(5-15)20-11)14-2-1-9(18)13-10(14)19/h1-2,6-7,15-16H,3-5H2,(H,13,18,19)/t6-,7+,11-/m0/s1. The Morgan fingerprint density at radius 1 is 1.60 bits per heavy atom. The average Bonchev–Trinajstić information content (AvgIpc) is 2.75. The van der Waals surface area contributed by atoms with Crippen molar-refractivity contribution in [1.29, 1.82) is 0 Å². The molecule has 2 rings (SSSR count). The van der Waals surface area contributed by atoms with E-state index in [1.54, 1.807) is 0 Å². The van der Waals surface area contributed by atoms with Gasteiger partial charge in [0, 0.05) is 18.7 Å². The van der Waals surface area contributed by atoms with Gasteiger partial charge in [-0.25, -0.2) is 4.79 Å². The van der Waals surface area contributed by atoms with Crippen molar-refractivity contribution in [2.45, 2.75) is 24.4 Å². The van der Waals surface area contributed by atoms with E-state index in [1.807, 2.05) is 4.98 Å². The van der Waals surface area contributed by atoms with Crippen molar-refractivity contribution in [3.8, 4) is 0 Å². The molecule has 1 saturated heterocycles. The molecule has 8 nitrogen and oxygen atoms in total. The zero-order valence-corrected chi connectivity index (χ0v) is 11.0. The Balaban J connectivity index is 2.57. The van der Waals surface area contributed by atoms with E-state index in [-0.39, 0.29) is 6.42 Å². The van der Waals surface area contributed by atoms with Crippen molar-refractivity contribution < 1.29 is 19.7 Å². The van der Waals surface area contributed by atoms with Crippen LogP contribution in [0.15, 0.2) is 21.9 Å². The number of aromatic amines is 1. The van der Waals surface area contributed by atoms with E-state index < -0.39 is 47.5 Å². The maximum Gasteiger partial charge on any atom is 0.331 e. The summed E-state index contributed by atoms with van der Waals surface area (Å²) < 4.78 is 6.25. The molecule has 0 spiro atoms. The van der Waals surface area contributed by atoms with E-state index >= 15 is 0 Å². The molecule has 0 aromatic carbocycles. The van der Waals surface area contributed by atoms with Crippen molar-refractivity contribution in [3.63, 3.8) is 0 Å². The predicted molar refractivity (Wildman–Crippen MR) is 67.6 cm³/mol. The van der Waals surface area contributed by atoms with Gasteiger partial charge in [-0.05, 0) is 0 Å². The Kier molecular flexibility index (Phi) is 4.09. The molecule has 0 unspecified atom stereocenters. The highest BCUT2D eigenvalue weighted by Gasteiger charge is 2.52. The lowest BCUT2D eigenvalue weighted by Gasteiger charge is -2.28. The molecule has 0 aliphatic carbocycles. The molecule has 0 amide bonds. The number of hydrogen-bond acceptors (Lipinski definition) is 6. The van der Waals surface area contributed by atoms with Crippen molar-refractivity contribution in [2.24, 2.45) is 0 Å². The summed E-state index contributed by atoms with van der Waals surface area (Å²) in [6, 6.07) is 1.05. The Bertz CT molecular complexity index is 626. The highest BCUT2D eigenvalue weighted by molar-refractivity contribution is 6.28. The van der Waals surface area contributed by atoms with Crippen LogP contribution in [-0.4, -0.2) is 50.2 Å². The fourth-order valence-electron chi connectivity index (χ4n) is 2.23. The first kappa shape index (κ1) is 14.9. The Morgan fingerprint density at radius 3 is 2.80 bits per heavy atom. The number of H-pyrrole nitrogens is 1. The van der Waals surface area contributed by atoms with Gasteiger partial charge >= 0.3 is 5.69 Å². The summed E-state index contributed by atoms with van der Waals surface area (Å²) in [7, 11) is 0. The number of carbonyl (C=O) groups is 1. The van der Waals surface area contributed by atoms with Crippen molar-refractivity contribution in [2.75, 3.05) is 12.5 Å². The molecule has 1 aromatic rings. The summed E-state index contributed by atoms with van der Waals surface area (Å²) in [4.78, 5) is 37.0. The Morgan fingerprint density at radius 2 is 2.30 bits per heavy atom. The molecule has 0 bridgehead atoms. The SMILES string of the molecule is O=C(CCl)[C@]1(n2ccc(=O)[nH]c2=O)C[C@H](O)[C@@H](CO)O1. The number of halogens is 1. The lowest BCUT2D eigenvalue weighted by Crippen LogP contribution is -2.50. The molecule has 9 heteroatoms. The predicted octanol–water partition coefficient (Wildman–Crippen LogP) is -1.86. The van der Waals surface area contributed by atoms with Gasteiger partial charge in [-0.15, -0.1) is 11.6 Å². The number of aliphatic hydroxyl groups excluding tert-OH is 2. The van der Waals surface area contributed by atoms with Crippen LogP contribution in [-0.2, 0) is 15.3 Å². The van der Waals surface area contributed by atoms with Gasteiger partial charge in [0.1, 0.15) is 6.10 Å². The summed E-state index contributed by atoms with van der Waals surface area (Å²) in [6.45, 7) is -0.517. The maximum atomic E-state index is 12.1. The minimum Gasteiger partial charge on any atom is -0.394 e. The van der Waals surface area contributed by atoms with Gasteiger partial charge in [0.15, 0.2) is 0 Å². The van der Waals surface area contributed by atoms with Gasteiger partial charge in [-0.2, -0.15) is 0 Å². The van der Waals surface area contributed by atoms with Gasteiger partial charge in [0.25, 0.3) is 5.56 Å². The zero-order valence-electron chi connectivity index (χ0n) is 10.3. The summed E-state index contributed by atoms with van der Waals surface area (Å²) in [5, 5.41) is 18.9. The number of rotatable bonds is 4. The van der Waals surface area contributed by atoms with E-state index in [9.17, 15) is 19.5 Å². The van der Waals surface area contributed by atoms with E-state index in [2.05, 4.69) is 0 Å². The topological polar surface area (TPSA) is 122 Å². The first-order valence-electron chi connectivity index (χ1n) is 5.83. The van der Waals surface area contributed by atoms with Crippen LogP contribution < -0.4 is 11.2 Å². The van der Waals surface area contributed by atoms with Gasteiger partial charge in [-0.3, -0.25) is 19.1 Å². The number of nitrogens with one attached hydrogen (secondary N) is 1. The molecule has 1 aliphatic rings. The number of Topliss-reactive ketones (excluding diaryl/α,β-unsaturated/α-hetero) is 1. The Hall–Kier alpha value is -1.48. The molecule has 110 valence electrons. The molecule has 1 aliphatic heterocycles. The monoisotopic (exact) mass is 304 g/mol. The third kappa shape index (κ3) is 2.31. The molecule has 2 heterocycles. The summed E-state index contributed by atoms with van der Waals surface area (Å²) >= 11 is 5.53. The van der Waals surface area contributed by atoms with E-state index in [0.717, 1.165) is 16.8 Å². The van der Waals surface area contributed by atoms with Crippen LogP contribution in [0.3, 0.4) is 0 Å². The summed E-state index contributed by atoms with van der Waals surface area (Å²) in [6.07, 6.45) is -1.29. The van der Waals surface area contributed by atoms with Crippen LogP contribution in [0.1, 0.15) is 6.42 Å². The first-order valence-corrected chi connectivity index (χ1v) is 6.36. The summed E-state index contributed by atoms with van der Waals surface area (Å²) in [5.41, 5.74) is -3.31. The van der Waals surface area contributed by atoms with E-state index in [1.165, 1.54) is 0 Å². The normalized spacial score (nSPS) is 29.6. The fourth-order valence-corrected chi connectivity index (χ4v) is 2.43. The number of ether oxygens (including phenoxy) is 1. The molecule has 0 saturated carbocycles. The number of carbonyl (C=O) groups excluding carboxylic acids is 1. The lowest BCUT2D eigenvalue weighted by atomic mass is 10.0. The number of nitrogens with zero attached hydrogens (tertiary/aromatic N) is 1. The zero-order chi connectivity index (χ0) is 14.9. The number of hydrogen-bond donors (Lipinski definition) is 3. The van der Waals surface area contributed by atoms with Gasteiger partial charge in [-0.1, -0.05) is 0 Å². The third-order valence-electron chi connectivity index (χ3n) is 3.21. The van der Waals surface area contributed by atoms with E-state index in [4.69, 9.17) is 21.4 Å². The molecular weight excluding hydrogens is 292 g/mol. The second-order valence-corrected chi connectivity index (χ2v) is 4.70. The Labute approximate surface area is 117 Å². The average molecular weight is 305 g/mol. The highest BCUT2D eigenvalue weighted by atomic mass is 35.5. The quantitative estimate of drug-likeness (QED) is 0.561. The molecule has 3 atom stereocenters. The first-order chi connectivity index (χ1) is 9.44. The minimum atomic E-state index is -1.82. The van der Waals surface area contributed by atoms with Crippen molar-refractivity contribution >= 4 is 17.4 Å². The van der Waals surface area contributed by atoms with Crippen LogP contribution in [0.4, 0.5) is 0 Å². The molecule has 1 aromatic heterocycles. The minimum absolute atomic E-state index is 0.240. The van der Waals surface area contributed by atoms with E-state index in [0.29, 0.717) is 0 Å². The molecule has 0 radical (unpaired) electrons. The second-order valence-electron chi connectivity index (χ2n) is 4.43. The number of ketones is 1. The molecule has 1 fully saturated rings. The largest absolute Gasteiger partial charge is 0.394 e. The molecule has 20 heavy (non-hydrogen) atoms. The van der Waals surface area contributed by atoms with Crippen LogP contribution in [0, 0.1) is 0 Å². The van der Waals surface area contributed by atoms with Gasteiger partial charge < -0.3 is 14.9 Å². The number of aromatic nitrogens is 2. The summed E-state index contributed by atoms with van der Waals surface area (Å²) in [5.74, 6) is -1.10. The highest BCUT2D eigenvalue weighted by Crippen LogP contribution is 2.35.